The Balaban J connectivity index is 0. The van der Waals surface area contributed by atoms with E-state index in [1.165, 1.54) is 0 Å². The summed E-state index contributed by atoms with van der Waals surface area (Å²) in [4.78, 5) is 10.6. The third kappa shape index (κ3) is 3.90. The Labute approximate surface area is 62.5 Å². The second-order valence-corrected chi connectivity index (χ2v) is 2.19. The fraction of sp³-hybridized carbons (Fsp3) is 0.714. The van der Waals surface area contributed by atoms with Crippen molar-refractivity contribution in [2.75, 3.05) is 6.54 Å². The van der Waals surface area contributed by atoms with E-state index < -0.39 is 0 Å². The fourth-order valence-corrected chi connectivity index (χ4v) is 0.438. The molecule has 1 N–H and O–H groups in total. The Bertz CT molecular complexity index is 153. The molecule has 0 saturated carbocycles. The minimum atomic E-state index is -0.0875. The second kappa shape index (κ2) is 4.80. The molecule has 3 nitrogen and oxygen atoms in total. The van der Waals surface area contributed by atoms with E-state index in [0.29, 0.717) is 13.0 Å². The van der Waals surface area contributed by atoms with Gasteiger partial charge in [-0.25, -0.2) is 0 Å². The molecular formula is C7H14N2O. The van der Waals surface area contributed by atoms with Crippen LogP contribution in [0.4, 0.5) is 0 Å². The van der Waals surface area contributed by atoms with E-state index in [-0.39, 0.29) is 13.3 Å². The highest BCUT2D eigenvalue weighted by atomic mass is 16.1. The minimum Gasteiger partial charge on any atom is -0.355 e. The molecule has 1 atom stereocenters. The smallest absolute Gasteiger partial charge is 0.219 e. The second-order valence-electron chi connectivity index (χ2n) is 2.19. The van der Waals surface area contributed by atoms with Gasteiger partial charge in [0.1, 0.15) is 0 Å². The van der Waals surface area contributed by atoms with Gasteiger partial charge in [0.05, 0.1) is 12.0 Å². The normalized spacial score (nSPS) is 11.7. The quantitative estimate of drug-likeness (QED) is 0.637. The highest BCUT2D eigenvalue weighted by Crippen LogP contribution is 1.87. The van der Waals surface area contributed by atoms with Gasteiger partial charge >= 0.3 is 0 Å². The summed E-state index contributed by atoms with van der Waals surface area (Å²) in [5.41, 5.74) is 0. The summed E-state index contributed by atoms with van der Waals surface area (Å²) in [7, 11) is 0. The predicted molar refractivity (Wildman–Crippen MR) is 40.2 cm³/mol. The van der Waals surface area contributed by atoms with Gasteiger partial charge in [0, 0.05) is 14.4 Å². The van der Waals surface area contributed by atoms with Crippen LogP contribution in [0, 0.1) is 17.2 Å². The van der Waals surface area contributed by atoms with Crippen molar-refractivity contribution < 1.29 is 6.22 Å². The molecule has 0 aliphatic rings. The van der Waals surface area contributed by atoms with Gasteiger partial charge in [-0.2, -0.15) is 5.26 Å². The van der Waals surface area contributed by atoms with Crippen molar-refractivity contribution in [1.29, 1.82) is 5.26 Å². The van der Waals surface area contributed by atoms with Crippen LogP contribution in [0.3, 0.4) is 0 Å². The van der Waals surface area contributed by atoms with Crippen LogP contribution in [0.15, 0.2) is 0 Å². The van der Waals surface area contributed by atoms with Crippen molar-refractivity contribution in [3.63, 3.8) is 0 Å². The maximum atomic E-state index is 10.6. The first-order chi connectivity index (χ1) is 4.70. The summed E-state index contributed by atoms with van der Waals surface area (Å²) >= 11 is 0. The summed E-state index contributed by atoms with van der Waals surface area (Å²) in [5.74, 6) is -0.0856. The number of carbonyl (C=O) groups is 1. The number of carbonyl (C=O) groups excluding carboxylic acids is 1. The number of hydrogen-bond donors (Lipinski definition) is 1. The van der Waals surface area contributed by atoms with Gasteiger partial charge in [0.25, 0.3) is 0 Å². The van der Waals surface area contributed by atoms with Gasteiger partial charge in [0.2, 0.25) is 5.91 Å². The fourth-order valence-electron chi connectivity index (χ4n) is 0.438. The molecule has 0 radical (unpaired) electrons. The zero-order chi connectivity index (χ0) is 7.98. The number of rotatable bonds is 3. The number of amides is 1. The van der Waals surface area contributed by atoms with E-state index in [0.717, 1.165) is 0 Å². The van der Waals surface area contributed by atoms with Gasteiger partial charge < -0.3 is 5.32 Å². The van der Waals surface area contributed by atoms with E-state index in [1.54, 1.807) is 13.8 Å². The number of nitriles is 1. The maximum Gasteiger partial charge on any atom is 0.219 e. The summed E-state index contributed by atoms with van der Waals surface area (Å²) in [6.07, 6.45) is 0.484. The topological polar surface area (TPSA) is 52.9 Å². The SMILES string of the molecule is CCC(=O)NC[C@@H](C)C#N.[HH]. The van der Waals surface area contributed by atoms with E-state index in [2.05, 4.69) is 5.32 Å². The molecule has 0 aliphatic heterocycles. The van der Waals surface area contributed by atoms with E-state index >= 15 is 0 Å². The average molecular weight is 142 g/mol. The Hall–Kier alpha value is -1.04. The van der Waals surface area contributed by atoms with E-state index in [1.807, 2.05) is 6.07 Å². The molecule has 0 aromatic rings. The van der Waals surface area contributed by atoms with Crippen LogP contribution in [0.25, 0.3) is 0 Å². The summed E-state index contributed by atoms with van der Waals surface area (Å²) < 4.78 is 0. The van der Waals surface area contributed by atoms with Crippen LogP contribution in [-0.2, 0) is 4.79 Å². The maximum absolute atomic E-state index is 10.6. The molecule has 0 spiro atoms. The van der Waals surface area contributed by atoms with Crippen molar-refractivity contribution in [1.82, 2.24) is 5.32 Å². The molecule has 10 heavy (non-hydrogen) atoms. The summed E-state index contributed by atoms with van der Waals surface area (Å²) in [6.45, 7) is 4.02. The Morgan fingerprint density at radius 2 is 2.50 bits per heavy atom. The van der Waals surface area contributed by atoms with E-state index in [9.17, 15) is 4.79 Å². The first-order valence-electron chi connectivity index (χ1n) is 3.37. The van der Waals surface area contributed by atoms with Crippen LogP contribution >= 0.6 is 0 Å². The molecule has 1 amide bonds. The van der Waals surface area contributed by atoms with Gasteiger partial charge in [0.15, 0.2) is 0 Å². The van der Waals surface area contributed by atoms with Crippen molar-refractivity contribution in [3.05, 3.63) is 0 Å². The number of nitrogens with zero attached hydrogens (tertiary/aromatic N) is 1. The first-order valence-corrected chi connectivity index (χ1v) is 3.37. The lowest BCUT2D eigenvalue weighted by atomic mass is 10.2. The molecule has 0 rings (SSSR count). The predicted octanol–water partition coefficient (Wildman–Crippen LogP) is 0.918. The zero-order valence-electron chi connectivity index (χ0n) is 6.35. The highest BCUT2D eigenvalue weighted by Gasteiger charge is 2.00. The molecule has 0 aromatic carbocycles. The van der Waals surface area contributed by atoms with Crippen molar-refractivity contribution >= 4 is 5.91 Å². The third-order valence-electron chi connectivity index (χ3n) is 1.15. The monoisotopic (exact) mass is 142 g/mol. The van der Waals surface area contributed by atoms with Crippen LogP contribution in [0.5, 0.6) is 0 Å². The van der Waals surface area contributed by atoms with Crippen LogP contribution in [0.2, 0.25) is 0 Å². The van der Waals surface area contributed by atoms with Crippen LogP contribution in [0.1, 0.15) is 21.7 Å². The van der Waals surface area contributed by atoms with Crippen molar-refractivity contribution in [2.45, 2.75) is 20.3 Å². The lowest BCUT2D eigenvalue weighted by Gasteiger charge is -2.02. The third-order valence-corrected chi connectivity index (χ3v) is 1.15. The first kappa shape index (κ1) is 8.96. The molecule has 0 saturated heterocycles. The molecule has 0 unspecified atom stereocenters. The average Bonchev–Trinajstić information content (AvgIpc) is 1.99. The Morgan fingerprint density at radius 3 is 2.90 bits per heavy atom. The zero-order valence-corrected chi connectivity index (χ0v) is 6.35. The van der Waals surface area contributed by atoms with Crippen molar-refractivity contribution in [3.8, 4) is 6.07 Å². The van der Waals surface area contributed by atoms with Gasteiger partial charge in [-0.1, -0.05) is 6.92 Å². The van der Waals surface area contributed by atoms with Crippen molar-refractivity contribution in [2.24, 2.45) is 5.92 Å². The molecule has 0 aliphatic carbocycles. The Morgan fingerprint density at radius 1 is 1.90 bits per heavy atom. The molecule has 0 heterocycles. The highest BCUT2D eigenvalue weighted by molar-refractivity contribution is 5.75. The molecule has 58 valence electrons. The Kier molecular flexibility index (Phi) is 4.30. The molecule has 0 fully saturated rings. The minimum absolute atomic E-state index is 0. The largest absolute Gasteiger partial charge is 0.355 e. The molecule has 0 aromatic heterocycles. The lowest BCUT2D eigenvalue weighted by Crippen LogP contribution is -2.26. The van der Waals surface area contributed by atoms with Crippen LogP contribution < -0.4 is 5.32 Å². The summed E-state index contributed by atoms with van der Waals surface area (Å²) in [5, 5.41) is 10.9. The van der Waals surface area contributed by atoms with Gasteiger partial charge in [-0.05, 0) is 6.92 Å². The summed E-state index contributed by atoms with van der Waals surface area (Å²) in [6, 6.07) is 2.03. The van der Waals surface area contributed by atoms with Crippen LogP contribution in [-0.4, -0.2) is 12.5 Å². The number of hydrogen-bond acceptors (Lipinski definition) is 2. The van der Waals surface area contributed by atoms with Gasteiger partial charge in [-0.3, -0.25) is 4.79 Å². The molecule has 0 bridgehead atoms. The van der Waals surface area contributed by atoms with Gasteiger partial charge in [-0.15, -0.1) is 0 Å². The number of nitrogens with one attached hydrogen (secondary N) is 1. The lowest BCUT2D eigenvalue weighted by molar-refractivity contribution is -0.120. The van der Waals surface area contributed by atoms with E-state index in [4.69, 9.17) is 5.26 Å². The standard InChI is InChI=1S/C7H12N2O.H2/c1-3-7(10)9-5-6(2)4-8;/h6H,3,5H2,1-2H3,(H,9,10);1H/t6-;/m0./s1. The molecular weight excluding hydrogens is 128 g/mol. The molecule has 3 heteroatoms.